The Morgan fingerprint density at radius 2 is 2.50 bits per heavy atom. The van der Waals surface area contributed by atoms with Crippen LogP contribution in [0.15, 0.2) is 0 Å². The molecular weight excluding hydrogens is 170 g/mol. The van der Waals surface area contributed by atoms with Gasteiger partial charge in [0, 0.05) is 24.9 Å². The number of thioether (sulfide) groups is 1. The molecule has 72 valence electrons. The third-order valence-corrected chi connectivity index (χ3v) is 3.20. The standard InChI is InChI=1S/C9H19NOS/c1-8(12-2)6-10-7-9-4-3-5-11-9/h8-10H,3-7H2,1-2H3. The van der Waals surface area contributed by atoms with Crippen molar-refractivity contribution in [2.24, 2.45) is 0 Å². The van der Waals surface area contributed by atoms with Crippen LogP contribution < -0.4 is 5.32 Å². The van der Waals surface area contributed by atoms with Crippen molar-refractivity contribution >= 4 is 11.8 Å². The molecule has 0 aromatic heterocycles. The largest absolute Gasteiger partial charge is 0.377 e. The van der Waals surface area contributed by atoms with Gasteiger partial charge in [0.15, 0.2) is 0 Å². The van der Waals surface area contributed by atoms with Gasteiger partial charge in [-0.3, -0.25) is 0 Å². The molecule has 0 bridgehead atoms. The molecular formula is C9H19NOS. The molecule has 0 radical (unpaired) electrons. The first-order valence-electron chi connectivity index (χ1n) is 4.68. The number of rotatable bonds is 5. The molecule has 1 aliphatic heterocycles. The lowest BCUT2D eigenvalue weighted by atomic mass is 10.2. The second kappa shape index (κ2) is 5.84. The highest BCUT2D eigenvalue weighted by atomic mass is 32.2. The maximum absolute atomic E-state index is 5.50. The molecule has 1 saturated heterocycles. The maximum Gasteiger partial charge on any atom is 0.0700 e. The zero-order valence-electron chi connectivity index (χ0n) is 8.01. The summed E-state index contributed by atoms with van der Waals surface area (Å²) >= 11 is 1.90. The van der Waals surface area contributed by atoms with E-state index in [1.807, 2.05) is 11.8 Å². The Labute approximate surface area is 79.4 Å². The van der Waals surface area contributed by atoms with Gasteiger partial charge in [0.05, 0.1) is 6.10 Å². The van der Waals surface area contributed by atoms with Gasteiger partial charge in [-0.2, -0.15) is 11.8 Å². The first kappa shape index (κ1) is 10.4. The average molecular weight is 189 g/mol. The fraction of sp³-hybridized carbons (Fsp3) is 1.00. The predicted octanol–water partition coefficient (Wildman–Crippen LogP) is 1.51. The minimum atomic E-state index is 0.485. The zero-order chi connectivity index (χ0) is 8.81. The molecule has 1 aliphatic rings. The average Bonchev–Trinajstić information content (AvgIpc) is 2.57. The van der Waals surface area contributed by atoms with E-state index in [9.17, 15) is 0 Å². The fourth-order valence-corrected chi connectivity index (χ4v) is 1.62. The molecule has 1 rings (SSSR count). The van der Waals surface area contributed by atoms with E-state index in [4.69, 9.17) is 4.74 Å². The topological polar surface area (TPSA) is 21.3 Å². The van der Waals surface area contributed by atoms with Crippen molar-refractivity contribution in [2.45, 2.75) is 31.1 Å². The van der Waals surface area contributed by atoms with Crippen molar-refractivity contribution in [1.29, 1.82) is 0 Å². The molecule has 0 aromatic rings. The highest BCUT2D eigenvalue weighted by molar-refractivity contribution is 7.99. The van der Waals surface area contributed by atoms with Gasteiger partial charge in [0.2, 0.25) is 0 Å². The van der Waals surface area contributed by atoms with Crippen LogP contribution in [0.1, 0.15) is 19.8 Å². The second-order valence-corrected chi connectivity index (χ2v) is 4.62. The molecule has 1 heterocycles. The van der Waals surface area contributed by atoms with E-state index >= 15 is 0 Å². The van der Waals surface area contributed by atoms with Crippen LogP contribution in [0.25, 0.3) is 0 Å². The minimum Gasteiger partial charge on any atom is -0.377 e. The van der Waals surface area contributed by atoms with Gasteiger partial charge in [0.25, 0.3) is 0 Å². The first-order chi connectivity index (χ1) is 5.83. The molecule has 12 heavy (non-hydrogen) atoms. The normalized spacial score (nSPS) is 26.0. The van der Waals surface area contributed by atoms with Crippen molar-refractivity contribution in [3.63, 3.8) is 0 Å². The molecule has 1 fully saturated rings. The van der Waals surface area contributed by atoms with Gasteiger partial charge in [-0.1, -0.05) is 6.92 Å². The first-order valence-corrected chi connectivity index (χ1v) is 5.97. The summed E-state index contributed by atoms with van der Waals surface area (Å²) in [4.78, 5) is 0. The van der Waals surface area contributed by atoms with Crippen LogP contribution in [0.2, 0.25) is 0 Å². The Morgan fingerprint density at radius 3 is 3.08 bits per heavy atom. The van der Waals surface area contributed by atoms with Crippen LogP contribution in [0.5, 0.6) is 0 Å². The van der Waals surface area contributed by atoms with E-state index < -0.39 is 0 Å². The van der Waals surface area contributed by atoms with Crippen LogP contribution in [0.3, 0.4) is 0 Å². The summed E-state index contributed by atoms with van der Waals surface area (Å²) in [6.45, 7) is 5.34. The fourth-order valence-electron chi connectivity index (χ4n) is 1.34. The van der Waals surface area contributed by atoms with Gasteiger partial charge in [0.1, 0.15) is 0 Å². The van der Waals surface area contributed by atoms with Gasteiger partial charge in [-0.15, -0.1) is 0 Å². The van der Waals surface area contributed by atoms with Crippen LogP contribution in [-0.4, -0.2) is 37.3 Å². The van der Waals surface area contributed by atoms with E-state index in [0.29, 0.717) is 11.4 Å². The summed E-state index contributed by atoms with van der Waals surface area (Å²) in [5, 5.41) is 4.15. The van der Waals surface area contributed by atoms with Crippen molar-refractivity contribution in [3.05, 3.63) is 0 Å². The third-order valence-electron chi connectivity index (χ3n) is 2.23. The SMILES string of the molecule is CSC(C)CNCC1CCCO1. The highest BCUT2D eigenvalue weighted by Crippen LogP contribution is 2.10. The Balaban J connectivity index is 1.94. The molecule has 3 heteroatoms. The van der Waals surface area contributed by atoms with Crippen LogP contribution in [-0.2, 0) is 4.74 Å². The maximum atomic E-state index is 5.50. The monoisotopic (exact) mass is 189 g/mol. The summed E-state index contributed by atoms with van der Waals surface area (Å²) in [6, 6.07) is 0. The molecule has 0 amide bonds. The number of hydrogen-bond acceptors (Lipinski definition) is 3. The molecule has 0 saturated carbocycles. The molecule has 0 aromatic carbocycles. The van der Waals surface area contributed by atoms with E-state index in [-0.39, 0.29) is 0 Å². The van der Waals surface area contributed by atoms with Crippen molar-refractivity contribution in [2.75, 3.05) is 26.0 Å². The molecule has 1 N–H and O–H groups in total. The molecule has 0 spiro atoms. The van der Waals surface area contributed by atoms with E-state index in [1.54, 1.807) is 0 Å². The van der Waals surface area contributed by atoms with Crippen LogP contribution in [0.4, 0.5) is 0 Å². The second-order valence-electron chi connectivity index (χ2n) is 3.34. The van der Waals surface area contributed by atoms with Gasteiger partial charge in [-0.05, 0) is 19.1 Å². The summed E-state index contributed by atoms with van der Waals surface area (Å²) in [7, 11) is 0. The summed E-state index contributed by atoms with van der Waals surface area (Å²) in [5.74, 6) is 0. The van der Waals surface area contributed by atoms with Crippen LogP contribution >= 0.6 is 11.8 Å². The van der Waals surface area contributed by atoms with E-state index in [1.165, 1.54) is 12.8 Å². The summed E-state index contributed by atoms with van der Waals surface area (Å²) in [6.07, 6.45) is 5.11. The van der Waals surface area contributed by atoms with Gasteiger partial charge < -0.3 is 10.1 Å². The van der Waals surface area contributed by atoms with Gasteiger partial charge >= 0.3 is 0 Å². The van der Waals surface area contributed by atoms with E-state index in [2.05, 4.69) is 18.5 Å². The predicted molar refractivity (Wildman–Crippen MR) is 54.8 cm³/mol. The number of nitrogens with one attached hydrogen (secondary N) is 1. The summed E-state index contributed by atoms with van der Waals surface area (Å²) < 4.78 is 5.50. The molecule has 0 aliphatic carbocycles. The quantitative estimate of drug-likeness (QED) is 0.708. The lowest BCUT2D eigenvalue weighted by Crippen LogP contribution is -2.30. The Kier molecular flexibility index (Phi) is 5.04. The smallest absolute Gasteiger partial charge is 0.0700 e. The van der Waals surface area contributed by atoms with Gasteiger partial charge in [-0.25, -0.2) is 0 Å². The van der Waals surface area contributed by atoms with E-state index in [0.717, 1.165) is 19.7 Å². The third kappa shape index (κ3) is 3.78. The number of ether oxygens (including phenoxy) is 1. The lowest BCUT2D eigenvalue weighted by molar-refractivity contribution is 0.110. The minimum absolute atomic E-state index is 0.485. The highest BCUT2D eigenvalue weighted by Gasteiger charge is 2.14. The number of hydrogen-bond donors (Lipinski definition) is 1. The Morgan fingerprint density at radius 1 is 1.67 bits per heavy atom. The molecule has 2 atom stereocenters. The van der Waals surface area contributed by atoms with Crippen molar-refractivity contribution in [1.82, 2.24) is 5.32 Å². The zero-order valence-corrected chi connectivity index (χ0v) is 8.82. The molecule has 2 nitrogen and oxygen atoms in total. The lowest BCUT2D eigenvalue weighted by Gasteiger charge is -2.13. The summed E-state index contributed by atoms with van der Waals surface area (Å²) in [5.41, 5.74) is 0. The van der Waals surface area contributed by atoms with Crippen LogP contribution in [0, 0.1) is 0 Å². The van der Waals surface area contributed by atoms with Crippen molar-refractivity contribution < 1.29 is 4.74 Å². The molecule has 2 unspecified atom stereocenters. The van der Waals surface area contributed by atoms with Crippen molar-refractivity contribution in [3.8, 4) is 0 Å². The Bertz CT molecular complexity index is 115. The Hall–Kier alpha value is 0.270.